The molecule has 2 aromatic heterocycles. The molecule has 1 aromatic carbocycles. The Hall–Kier alpha value is -2.36. The molecule has 0 spiro atoms. The van der Waals surface area contributed by atoms with Crippen molar-refractivity contribution in [2.75, 3.05) is 0 Å². The van der Waals surface area contributed by atoms with E-state index in [9.17, 15) is 0 Å². The van der Waals surface area contributed by atoms with Crippen LogP contribution in [0, 0.1) is 6.92 Å². The van der Waals surface area contributed by atoms with Crippen LogP contribution in [0.1, 0.15) is 50.3 Å². The summed E-state index contributed by atoms with van der Waals surface area (Å²) in [5, 5.41) is 0. The molecule has 0 fully saturated rings. The molecule has 5 rings (SSSR count). The summed E-state index contributed by atoms with van der Waals surface area (Å²) in [6.07, 6.45) is 7.45. The maximum Gasteiger partial charge on any atom is 0.196 e. The number of fused-ring (bicyclic) bond motifs is 7. The van der Waals surface area contributed by atoms with Gasteiger partial charge in [0.25, 0.3) is 0 Å². The Morgan fingerprint density at radius 1 is 1.16 bits per heavy atom. The molecular formula is C21H25N4+. The van der Waals surface area contributed by atoms with Crippen molar-refractivity contribution in [2.45, 2.75) is 51.9 Å². The van der Waals surface area contributed by atoms with Crippen molar-refractivity contribution in [3.8, 4) is 5.69 Å². The third-order valence-corrected chi connectivity index (χ3v) is 6.81. The second-order valence-corrected chi connectivity index (χ2v) is 8.61. The average molecular weight is 333 g/mol. The van der Waals surface area contributed by atoms with Gasteiger partial charge in [-0.05, 0) is 18.6 Å². The number of imidazole rings is 1. The second kappa shape index (κ2) is 4.24. The maximum atomic E-state index is 5.07. The third kappa shape index (κ3) is 1.54. The summed E-state index contributed by atoms with van der Waals surface area (Å²) in [6, 6.07) is 4.57. The predicted octanol–water partition coefficient (Wildman–Crippen LogP) is 3.56. The number of hydrogen-bond acceptors (Lipinski definition) is 1. The molecular weight excluding hydrogens is 308 g/mol. The second-order valence-electron chi connectivity index (χ2n) is 8.61. The summed E-state index contributed by atoms with van der Waals surface area (Å²) in [5.74, 6) is 1.15. The first-order valence-electron chi connectivity index (χ1n) is 9.05. The Bertz CT molecular complexity index is 1090. The lowest BCUT2D eigenvalue weighted by atomic mass is 9.60. The van der Waals surface area contributed by atoms with Gasteiger partial charge in [0, 0.05) is 35.1 Å². The van der Waals surface area contributed by atoms with Gasteiger partial charge in [-0.25, -0.2) is 4.98 Å². The van der Waals surface area contributed by atoms with Gasteiger partial charge in [-0.2, -0.15) is 0 Å². The number of benzene rings is 1. The van der Waals surface area contributed by atoms with E-state index in [0.29, 0.717) is 0 Å². The molecule has 0 aliphatic carbocycles. The van der Waals surface area contributed by atoms with Crippen molar-refractivity contribution in [2.24, 2.45) is 7.05 Å². The van der Waals surface area contributed by atoms with E-state index in [1.165, 1.54) is 28.0 Å². The van der Waals surface area contributed by atoms with Gasteiger partial charge in [0.15, 0.2) is 13.2 Å². The van der Waals surface area contributed by atoms with Crippen molar-refractivity contribution >= 4 is 17.2 Å². The largest absolute Gasteiger partial charge is 0.303 e. The molecule has 3 aromatic rings. The van der Waals surface area contributed by atoms with Gasteiger partial charge in [0.1, 0.15) is 11.5 Å². The number of aromatic nitrogens is 4. The van der Waals surface area contributed by atoms with Crippen LogP contribution in [0.25, 0.3) is 22.9 Å². The fraction of sp³-hybridized carbons (Fsp3) is 0.429. The van der Waals surface area contributed by atoms with Crippen LogP contribution in [0.2, 0.25) is 0 Å². The van der Waals surface area contributed by atoms with Crippen molar-refractivity contribution in [1.29, 1.82) is 0 Å². The first kappa shape index (κ1) is 14.9. The number of aryl methyl sites for hydroxylation is 2. The van der Waals surface area contributed by atoms with Gasteiger partial charge in [-0.3, -0.25) is 0 Å². The molecule has 0 saturated carbocycles. The zero-order chi connectivity index (χ0) is 17.7. The van der Waals surface area contributed by atoms with Crippen molar-refractivity contribution in [1.82, 2.24) is 14.2 Å². The minimum atomic E-state index is -0.0205. The van der Waals surface area contributed by atoms with E-state index in [2.05, 4.69) is 86.2 Å². The van der Waals surface area contributed by atoms with E-state index >= 15 is 0 Å². The fourth-order valence-electron chi connectivity index (χ4n) is 4.71. The molecule has 4 heterocycles. The van der Waals surface area contributed by atoms with E-state index in [1.807, 2.05) is 0 Å². The minimum Gasteiger partial charge on any atom is -0.303 e. The fourth-order valence-corrected chi connectivity index (χ4v) is 4.71. The van der Waals surface area contributed by atoms with E-state index in [1.54, 1.807) is 0 Å². The van der Waals surface area contributed by atoms with Crippen LogP contribution in [-0.2, 0) is 24.3 Å². The highest BCUT2D eigenvalue weighted by Crippen LogP contribution is 2.52. The lowest BCUT2D eigenvalue weighted by Crippen LogP contribution is -2.51. The predicted molar refractivity (Wildman–Crippen MR) is 100 cm³/mol. The molecule has 25 heavy (non-hydrogen) atoms. The van der Waals surface area contributed by atoms with Crippen LogP contribution in [0.3, 0.4) is 0 Å². The molecule has 0 atom stereocenters. The van der Waals surface area contributed by atoms with Gasteiger partial charge in [0.05, 0.1) is 16.7 Å². The highest BCUT2D eigenvalue weighted by molar-refractivity contribution is 5.89. The van der Waals surface area contributed by atoms with E-state index in [-0.39, 0.29) is 10.8 Å². The van der Waals surface area contributed by atoms with Crippen molar-refractivity contribution in [3.05, 3.63) is 47.1 Å². The monoisotopic (exact) mass is 333 g/mol. The Morgan fingerprint density at radius 2 is 1.92 bits per heavy atom. The van der Waals surface area contributed by atoms with Crippen molar-refractivity contribution < 1.29 is 4.68 Å². The summed E-state index contributed by atoms with van der Waals surface area (Å²) < 4.78 is 6.85. The summed E-state index contributed by atoms with van der Waals surface area (Å²) >= 11 is 0. The van der Waals surface area contributed by atoms with Crippen LogP contribution >= 0.6 is 0 Å². The standard InChI is InChI=1S/C21H25N4/c1-13-12-14-18(22-16-8-7-10-24(14)16)17-19(13)25-15(9-11-23(25)6)20(2,3)21(17,4)5/h7,9-12H,8H2,1-6H3/q+1. The molecule has 0 N–H and O–H groups in total. The molecule has 0 unspecified atom stereocenters. The number of allylic oxidation sites excluding steroid dienone is 1. The Balaban J connectivity index is 2.02. The molecule has 4 nitrogen and oxygen atoms in total. The van der Waals surface area contributed by atoms with E-state index in [0.717, 1.165) is 17.8 Å². The first-order valence-corrected chi connectivity index (χ1v) is 9.05. The average Bonchev–Trinajstić information content (AvgIpc) is 3.20. The highest BCUT2D eigenvalue weighted by Gasteiger charge is 2.51. The number of rotatable bonds is 0. The first-order chi connectivity index (χ1) is 11.7. The van der Waals surface area contributed by atoms with Gasteiger partial charge in [0.2, 0.25) is 0 Å². The number of nitrogens with zero attached hydrogens (tertiary/aromatic N) is 4. The van der Waals surface area contributed by atoms with Crippen LogP contribution in [0.15, 0.2) is 24.4 Å². The van der Waals surface area contributed by atoms with E-state index in [4.69, 9.17) is 4.98 Å². The summed E-state index contributed by atoms with van der Waals surface area (Å²) in [6.45, 7) is 11.7. The van der Waals surface area contributed by atoms with Crippen LogP contribution < -0.4 is 4.68 Å². The van der Waals surface area contributed by atoms with Gasteiger partial charge in [-0.15, -0.1) is 9.36 Å². The van der Waals surface area contributed by atoms with Gasteiger partial charge in [-0.1, -0.05) is 33.8 Å². The smallest absolute Gasteiger partial charge is 0.196 e. The lowest BCUT2D eigenvalue weighted by molar-refractivity contribution is -0.745. The van der Waals surface area contributed by atoms with Crippen LogP contribution in [-0.4, -0.2) is 14.2 Å². The molecule has 2 aliphatic rings. The lowest BCUT2D eigenvalue weighted by Gasteiger charge is -2.46. The molecule has 0 amide bonds. The summed E-state index contributed by atoms with van der Waals surface area (Å²) in [7, 11) is 2.13. The van der Waals surface area contributed by atoms with E-state index < -0.39 is 0 Å². The maximum absolute atomic E-state index is 5.07. The molecule has 128 valence electrons. The molecule has 2 aliphatic heterocycles. The third-order valence-electron chi connectivity index (χ3n) is 6.81. The molecule has 0 saturated heterocycles. The summed E-state index contributed by atoms with van der Waals surface area (Å²) in [5.41, 5.74) is 7.74. The zero-order valence-electron chi connectivity index (χ0n) is 15.9. The Morgan fingerprint density at radius 3 is 2.68 bits per heavy atom. The normalized spacial score (nSPS) is 19.1. The zero-order valence-corrected chi connectivity index (χ0v) is 15.9. The SMILES string of the molecule is Cc1cc2c(nc3n2C=CC3)c2c1-n1c(cc[n+]1C)C(C)(C)C2(C)C. The quantitative estimate of drug-likeness (QED) is 0.578. The number of hydrogen-bond donors (Lipinski definition) is 0. The minimum absolute atomic E-state index is 0.00584. The van der Waals surface area contributed by atoms with Crippen molar-refractivity contribution in [3.63, 3.8) is 0 Å². The molecule has 4 heteroatoms. The molecule has 0 radical (unpaired) electrons. The summed E-state index contributed by atoms with van der Waals surface area (Å²) in [4.78, 5) is 5.07. The van der Waals surface area contributed by atoms with Gasteiger partial charge >= 0.3 is 0 Å². The molecule has 0 bridgehead atoms. The van der Waals surface area contributed by atoms with Crippen LogP contribution in [0.4, 0.5) is 0 Å². The topological polar surface area (TPSA) is 26.6 Å². The highest BCUT2D eigenvalue weighted by atomic mass is 15.4. The van der Waals surface area contributed by atoms with Gasteiger partial charge < -0.3 is 4.57 Å². The van der Waals surface area contributed by atoms with Crippen LogP contribution in [0.5, 0.6) is 0 Å². The Kier molecular flexibility index (Phi) is 2.53. The Labute approximate surface area is 148 Å².